The summed E-state index contributed by atoms with van der Waals surface area (Å²) >= 11 is 1.77. The molecule has 98 valence electrons. The maximum absolute atomic E-state index is 13.0. The molecule has 1 aliphatic carbocycles. The van der Waals surface area contributed by atoms with Gasteiger partial charge in [0, 0.05) is 10.8 Å². The Hall–Kier alpha value is -0.830. The Morgan fingerprint density at radius 1 is 1.33 bits per heavy atom. The fraction of sp³-hybridized carbons (Fsp3) is 0.533. The normalized spacial score (nSPS) is 16.8. The van der Waals surface area contributed by atoms with Gasteiger partial charge in [0.1, 0.15) is 5.82 Å². The highest BCUT2D eigenvalue weighted by Gasteiger charge is 2.16. The van der Waals surface area contributed by atoms with Gasteiger partial charge in [0.25, 0.3) is 0 Å². The molecule has 1 aromatic carbocycles. The molecule has 0 radical (unpaired) electrons. The SMILES string of the molecule is Cc1cc(F)ccc1C(=O)CSC1CCCCC1. The van der Waals surface area contributed by atoms with E-state index in [1.807, 2.05) is 0 Å². The Bertz CT molecular complexity index is 425. The van der Waals surface area contributed by atoms with Gasteiger partial charge in [-0.1, -0.05) is 19.3 Å². The average molecular weight is 266 g/mol. The predicted octanol–water partition coefficient (Wildman–Crippen LogP) is 4.38. The molecule has 2 rings (SSSR count). The lowest BCUT2D eigenvalue weighted by molar-refractivity contribution is 0.102. The van der Waals surface area contributed by atoms with Crippen molar-refractivity contribution in [3.05, 3.63) is 35.1 Å². The van der Waals surface area contributed by atoms with Crippen molar-refractivity contribution in [3.63, 3.8) is 0 Å². The fourth-order valence-electron chi connectivity index (χ4n) is 2.44. The zero-order chi connectivity index (χ0) is 13.0. The number of ketones is 1. The van der Waals surface area contributed by atoms with E-state index in [1.165, 1.54) is 44.2 Å². The highest BCUT2D eigenvalue weighted by atomic mass is 32.2. The molecule has 1 fully saturated rings. The van der Waals surface area contributed by atoms with E-state index >= 15 is 0 Å². The maximum atomic E-state index is 13.0. The van der Waals surface area contributed by atoms with Gasteiger partial charge in [-0.05, 0) is 43.5 Å². The third-order valence-electron chi connectivity index (χ3n) is 3.49. The first-order valence-electron chi connectivity index (χ1n) is 6.58. The Kier molecular flexibility index (Phi) is 4.81. The molecule has 1 nitrogen and oxygen atoms in total. The van der Waals surface area contributed by atoms with Gasteiger partial charge < -0.3 is 0 Å². The molecule has 3 heteroatoms. The summed E-state index contributed by atoms with van der Waals surface area (Å²) in [5.41, 5.74) is 1.41. The number of Topliss-reactive ketones (excluding diaryl/α,β-unsaturated/α-hetero) is 1. The van der Waals surface area contributed by atoms with Crippen LogP contribution in [-0.2, 0) is 0 Å². The van der Waals surface area contributed by atoms with Crippen LogP contribution >= 0.6 is 11.8 Å². The molecule has 1 aliphatic rings. The lowest BCUT2D eigenvalue weighted by Crippen LogP contribution is -2.13. The topological polar surface area (TPSA) is 17.1 Å². The van der Waals surface area contributed by atoms with Gasteiger partial charge >= 0.3 is 0 Å². The monoisotopic (exact) mass is 266 g/mol. The fourth-order valence-corrected chi connectivity index (χ4v) is 3.65. The van der Waals surface area contributed by atoms with Crippen LogP contribution in [0.15, 0.2) is 18.2 Å². The summed E-state index contributed by atoms with van der Waals surface area (Å²) in [5, 5.41) is 0.642. The molecule has 0 aromatic heterocycles. The van der Waals surface area contributed by atoms with Crippen LogP contribution < -0.4 is 0 Å². The average Bonchev–Trinajstić information content (AvgIpc) is 2.37. The van der Waals surface area contributed by atoms with Crippen molar-refractivity contribution in [3.8, 4) is 0 Å². The summed E-state index contributed by atoms with van der Waals surface area (Å²) in [4.78, 5) is 12.1. The van der Waals surface area contributed by atoms with Crippen molar-refractivity contribution in [2.75, 3.05) is 5.75 Å². The van der Waals surface area contributed by atoms with Crippen molar-refractivity contribution in [2.45, 2.75) is 44.3 Å². The van der Waals surface area contributed by atoms with Gasteiger partial charge in [-0.25, -0.2) is 4.39 Å². The van der Waals surface area contributed by atoms with E-state index in [0.717, 1.165) is 5.56 Å². The van der Waals surface area contributed by atoms with E-state index in [1.54, 1.807) is 24.8 Å². The molecule has 0 unspecified atom stereocenters. The minimum atomic E-state index is -0.274. The minimum Gasteiger partial charge on any atom is -0.293 e. The Labute approximate surface area is 112 Å². The predicted molar refractivity (Wildman–Crippen MR) is 74.8 cm³/mol. The number of carbonyl (C=O) groups is 1. The van der Waals surface area contributed by atoms with Crippen molar-refractivity contribution < 1.29 is 9.18 Å². The Balaban J connectivity index is 1.90. The number of thioether (sulfide) groups is 1. The van der Waals surface area contributed by atoms with Crippen LogP contribution in [0.4, 0.5) is 4.39 Å². The number of halogens is 1. The molecule has 1 aromatic rings. The minimum absolute atomic E-state index is 0.128. The quantitative estimate of drug-likeness (QED) is 0.752. The smallest absolute Gasteiger partial charge is 0.172 e. The van der Waals surface area contributed by atoms with Crippen LogP contribution in [0.3, 0.4) is 0 Å². The van der Waals surface area contributed by atoms with Gasteiger partial charge in [-0.3, -0.25) is 4.79 Å². The molecular formula is C15H19FOS. The number of carbonyl (C=O) groups excluding carboxylic acids is 1. The third kappa shape index (κ3) is 3.58. The number of benzene rings is 1. The molecule has 0 spiro atoms. The van der Waals surface area contributed by atoms with Gasteiger partial charge in [0.2, 0.25) is 0 Å². The molecule has 0 saturated heterocycles. The molecule has 18 heavy (non-hydrogen) atoms. The summed E-state index contributed by atoms with van der Waals surface area (Å²) in [6.07, 6.45) is 6.39. The number of aryl methyl sites for hydroxylation is 1. The van der Waals surface area contributed by atoms with Gasteiger partial charge in [-0.15, -0.1) is 0 Å². The second-order valence-corrected chi connectivity index (χ2v) is 6.24. The van der Waals surface area contributed by atoms with Gasteiger partial charge in [-0.2, -0.15) is 11.8 Å². The highest BCUT2D eigenvalue weighted by Crippen LogP contribution is 2.28. The van der Waals surface area contributed by atoms with Crippen LogP contribution in [-0.4, -0.2) is 16.8 Å². The summed E-state index contributed by atoms with van der Waals surface area (Å²) < 4.78 is 13.0. The van der Waals surface area contributed by atoms with Crippen LogP contribution in [0, 0.1) is 12.7 Å². The van der Waals surface area contributed by atoms with E-state index in [4.69, 9.17) is 0 Å². The second-order valence-electron chi connectivity index (χ2n) is 4.95. The van der Waals surface area contributed by atoms with E-state index in [9.17, 15) is 9.18 Å². The number of hydrogen-bond donors (Lipinski definition) is 0. The molecule has 0 aliphatic heterocycles. The number of rotatable bonds is 4. The first-order valence-corrected chi connectivity index (χ1v) is 7.62. The van der Waals surface area contributed by atoms with Gasteiger partial charge in [0.05, 0.1) is 5.75 Å². The van der Waals surface area contributed by atoms with Crippen molar-refractivity contribution in [2.24, 2.45) is 0 Å². The van der Waals surface area contributed by atoms with Crippen molar-refractivity contribution >= 4 is 17.5 Å². The lowest BCUT2D eigenvalue weighted by Gasteiger charge is -2.20. The van der Waals surface area contributed by atoms with Crippen LogP contribution in [0.25, 0.3) is 0 Å². The first kappa shape index (κ1) is 13.6. The Morgan fingerprint density at radius 3 is 2.72 bits per heavy atom. The standard InChI is InChI=1S/C15H19FOS/c1-11-9-12(16)7-8-14(11)15(17)10-18-13-5-3-2-4-6-13/h7-9,13H,2-6,10H2,1H3. The van der Waals surface area contributed by atoms with Crippen molar-refractivity contribution in [1.82, 2.24) is 0 Å². The molecule has 0 bridgehead atoms. The molecule has 0 amide bonds. The molecular weight excluding hydrogens is 247 g/mol. The van der Waals surface area contributed by atoms with E-state index in [2.05, 4.69) is 0 Å². The zero-order valence-electron chi connectivity index (χ0n) is 10.7. The first-order chi connectivity index (χ1) is 8.66. The van der Waals surface area contributed by atoms with Crippen LogP contribution in [0.1, 0.15) is 48.0 Å². The van der Waals surface area contributed by atoms with Crippen LogP contribution in [0.5, 0.6) is 0 Å². The van der Waals surface area contributed by atoms with E-state index < -0.39 is 0 Å². The number of hydrogen-bond acceptors (Lipinski definition) is 2. The third-order valence-corrected chi connectivity index (χ3v) is 4.86. The molecule has 1 saturated carbocycles. The summed E-state index contributed by atoms with van der Waals surface area (Å²) in [7, 11) is 0. The van der Waals surface area contributed by atoms with E-state index in [0.29, 0.717) is 16.6 Å². The maximum Gasteiger partial charge on any atom is 0.172 e. The Morgan fingerprint density at radius 2 is 2.06 bits per heavy atom. The molecule has 0 heterocycles. The largest absolute Gasteiger partial charge is 0.293 e. The van der Waals surface area contributed by atoms with Crippen LogP contribution in [0.2, 0.25) is 0 Å². The molecule has 0 atom stereocenters. The summed E-state index contributed by atoms with van der Waals surface area (Å²) in [6, 6.07) is 4.40. The lowest BCUT2D eigenvalue weighted by atomic mass is 10.0. The zero-order valence-corrected chi connectivity index (χ0v) is 11.6. The highest BCUT2D eigenvalue weighted by molar-refractivity contribution is 8.00. The van der Waals surface area contributed by atoms with Gasteiger partial charge in [0.15, 0.2) is 5.78 Å². The van der Waals surface area contributed by atoms with Crippen molar-refractivity contribution in [1.29, 1.82) is 0 Å². The summed E-state index contributed by atoms with van der Waals surface area (Å²) in [6.45, 7) is 1.79. The second kappa shape index (κ2) is 6.37. The van der Waals surface area contributed by atoms with E-state index in [-0.39, 0.29) is 11.6 Å². The molecule has 0 N–H and O–H groups in total. The summed E-state index contributed by atoms with van der Waals surface area (Å²) in [5.74, 6) is 0.379.